The second kappa shape index (κ2) is 6.22. The molecule has 1 aliphatic heterocycles. The highest BCUT2D eigenvalue weighted by atomic mass is 32.1. The minimum atomic E-state index is 0.810. The number of rotatable bonds is 3. The van der Waals surface area contributed by atoms with Gasteiger partial charge in [-0.15, -0.1) is 11.3 Å². The van der Waals surface area contributed by atoms with Crippen LogP contribution in [0, 0.1) is 0 Å². The summed E-state index contributed by atoms with van der Waals surface area (Å²) in [6.07, 6.45) is 0. The average molecular weight is 320 g/mol. The number of aromatic nitrogens is 1. The van der Waals surface area contributed by atoms with Crippen LogP contribution >= 0.6 is 11.3 Å². The van der Waals surface area contributed by atoms with Crippen molar-refractivity contribution in [1.29, 1.82) is 0 Å². The van der Waals surface area contributed by atoms with Crippen LogP contribution in [0.2, 0.25) is 0 Å². The smallest absolute Gasteiger partial charge is 0.197 e. The van der Waals surface area contributed by atoms with Gasteiger partial charge in [0, 0.05) is 17.5 Å². The molecule has 1 aromatic heterocycles. The molecule has 0 unspecified atom stereocenters. The zero-order chi connectivity index (χ0) is 15.5. The van der Waals surface area contributed by atoms with Crippen LogP contribution < -0.4 is 10.6 Å². The number of aliphatic imine (C=N–C) groups is 1. The van der Waals surface area contributed by atoms with Crippen molar-refractivity contribution in [2.75, 3.05) is 18.4 Å². The van der Waals surface area contributed by atoms with E-state index in [-0.39, 0.29) is 0 Å². The van der Waals surface area contributed by atoms with Gasteiger partial charge in [0.25, 0.3) is 0 Å². The second-order valence-electron chi connectivity index (χ2n) is 5.26. The van der Waals surface area contributed by atoms with Crippen LogP contribution in [-0.4, -0.2) is 24.0 Å². The van der Waals surface area contributed by atoms with Gasteiger partial charge in [0.2, 0.25) is 0 Å². The lowest BCUT2D eigenvalue weighted by atomic mass is 10.0. The molecule has 23 heavy (non-hydrogen) atoms. The summed E-state index contributed by atoms with van der Waals surface area (Å²) in [6, 6.07) is 18.9. The summed E-state index contributed by atoms with van der Waals surface area (Å²) in [5.41, 5.74) is 4.54. The molecule has 0 saturated carbocycles. The van der Waals surface area contributed by atoms with E-state index in [0.29, 0.717) is 0 Å². The van der Waals surface area contributed by atoms with Gasteiger partial charge in [-0.1, -0.05) is 54.6 Å². The lowest BCUT2D eigenvalue weighted by Gasteiger charge is -2.03. The first-order valence-corrected chi connectivity index (χ1v) is 8.43. The van der Waals surface area contributed by atoms with Crippen molar-refractivity contribution < 1.29 is 0 Å². The molecule has 0 bridgehead atoms. The summed E-state index contributed by atoms with van der Waals surface area (Å²) in [4.78, 5) is 8.95. The maximum atomic E-state index is 4.63. The van der Waals surface area contributed by atoms with Gasteiger partial charge in [-0.25, -0.2) is 4.98 Å². The van der Waals surface area contributed by atoms with Gasteiger partial charge in [0.15, 0.2) is 11.1 Å². The van der Waals surface area contributed by atoms with E-state index in [0.717, 1.165) is 35.4 Å². The second-order valence-corrected chi connectivity index (χ2v) is 6.12. The molecule has 114 valence electrons. The molecule has 1 aliphatic rings. The van der Waals surface area contributed by atoms with Crippen molar-refractivity contribution in [3.8, 4) is 22.4 Å². The summed E-state index contributed by atoms with van der Waals surface area (Å²) < 4.78 is 0. The van der Waals surface area contributed by atoms with Gasteiger partial charge < -0.3 is 10.6 Å². The lowest BCUT2D eigenvalue weighted by Crippen LogP contribution is -2.26. The zero-order valence-electron chi connectivity index (χ0n) is 12.5. The predicted molar refractivity (Wildman–Crippen MR) is 96.9 cm³/mol. The fraction of sp³-hybridized carbons (Fsp3) is 0.111. The topological polar surface area (TPSA) is 49.3 Å². The molecule has 0 saturated heterocycles. The summed E-state index contributed by atoms with van der Waals surface area (Å²) in [7, 11) is 0. The van der Waals surface area contributed by atoms with Gasteiger partial charge in [0.05, 0.1) is 12.2 Å². The van der Waals surface area contributed by atoms with Crippen molar-refractivity contribution in [1.82, 2.24) is 10.3 Å². The molecule has 0 amide bonds. The number of thiazole rings is 1. The first kappa shape index (κ1) is 14.0. The summed E-state index contributed by atoms with van der Waals surface area (Å²) in [5, 5.41) is 9.33. The lowest BCUT2D eigenvalue weighted by molar-refractivity contribution is 0.959. The highest BCUT2D eigenvalue weighted by Crippen LogP contribution is 2.27. The van der Waals surface area contributed by atoms with Crippen LogP contribution in [0.1, 0.15) is 0 Å². The third-order valence-electron chi connectivity index (χ3n) is 3.69. The molecular weight excluding hydrogens is 304 g/mol. The van der Waals surface area contributed by atoms with Crippen molar-refractivity contribution >= 4 is 22.4 Å². The number of nitrogens with one attached hydrogen (secondary N) is 2. The highest BCUT2D eigenvalue weighted by molar-refractivity contribution is 7.14. The molecule has 2 aromatic carbocycles. The Morgan fingerprint density at radius 1 is 0.913 bits per heavy atom. The quantitative estimate of drug-likeness (QED) is 0.771. The third kappa shape index (κ3) is 3.10. The van der Waals surface area contributed by atoms with Crippen LogP contribution in [-0.2, 0) is 0 Å². The monoisotopic (exact) mass is 320 g/mol. The van der Waals surface area contributed by atoms with Crippen molar-refractivity contribution in [3.63, 3.8) is 0 Å². The molecule has 0 radical (unpaired) electrons. The summed E-state index contributed by atoms with van der Waals surface area (Å²) in [5.74, 6) is 0.810. The Morgan fingerprint density at radius 3 is 2.39 bits per heavy atom. The minimum absolute atomic E-state index is 0.810. The average Bonchev–Trinajstić information content (AvgIpc) is 3.28. The Kier molecular flexibility index (Phi) is 3.78. The first-order chi connectivity index (χ1) is 11.4. The molecule has 0 atom stereocenters. The maximum absolute atomic E-state index is 4.63. The first-order valence-electron chi connectivity index (χ1n) is 7.55. The fourth-order valence-electron chi connectivity index (χ4n) is 2.51. The van der Waals surface area contributed by atoms with Gasteiger partial charge in [-0.05, 0) is 11.1 Å². The fourth-order valence-corrected chi connectivity index (χ4v) is 3.23. The molecule has 0 fully saturated rings. The number of guanidine groups is 1. The Labute approximate surface area is 138 Å². The van der Waals surface area contributed by atoms with Gasteiger partial charge >= 0.3 is 0 Å². The zero-order valence-corrected chi connectivity index (χ0v) is 13.3. The van der Waals surface area contributed by atoms with E-state index in [1.165, 1.54) is 11.1 Å². The number of benzene rings is 2. The summed E-state index contributed by atoms with van der Waals surface area (Å²) in [6.45, 7) is 1.71. The molecule has 2 N–H and O–H groups in total. The highest BCUT2D eigenvalue weighted by Gasteiger charge is 2.09. The number of nitrogens with zero attached hydrogens (tertiary/aromatic N) is 2. The normalized spacial score (nSPS) is 13.5. The number of anilines is 1. The molecule has 5 heteroatoms. The molecule has 3 aromatic rings. The predicted octanol–water partition coefficient (Wildman–Crippen LogP) is 3.85. The van der Waals surface area contributed by atoms with Crippen molar-refractivity contribution in [3.05, 3.63) is 60.0 Å². The Bertz CT molecular complexity index is 822. The largest absolute Gasteiger partial charge is 0.354 e. The van der Waals surface area contributed by atoms with Gasteiger partial charge in [0.1, 0.15) is 0 Å². The van der Waals surface area contributed by atoms with Crippen molar-refractivity contribution in [2.24, 2.45) is 4.99 Å². The molecule has 2 heterocycles. The maximum Gasteiger partial charge on any atom is 0.197 e. The standard InChI is InChI=1S/C18H16N4S/c1-2-4-13(5-3-1)14-6-8-15(9-7-14)16-12-23-18(21-16)22-17-19-10-11-20-17/h1-9,12H,10-11H2,(H2,19,20,21,22). The van der Waals surface area contributed by atoms with E-state index < -0.39 is 0 Å². The summed E-state index contributed by atoms with van der Waals surface area (Å²) >= 11 is 1.59. The van der Waals surface area contributed by atoms with Gasteiger partial charge in [-0.3, -0.25) is 4.99 Å². The molecular formula is C18H16N4S. The van der Waals surface area contributed by atoms with Crippen LogP contribution in [0.5, 0.6) is 0 Å². The van der Waals surface area contributed by atoms with E-state index in [9.17, 15) is 0 Å². The van der Waals surface area contributed by atoms with E-state index >= 15 is 0 Å². The van der Waals surface area contributed by atoms with Crippen LogP contribution in [0.15, 0.2) is 65.0 Å². The van der Waals surface area contributed by atoms with Crippen molar-refractivity contribution in [2.45, 2.75) is 0 Å². The van der Waals surface area contributed by atoms with E-state index in [2.05, 4.69) is 74.5 Å². The number of hydrogen-bond donors (Lipinski definition) is 2. The Morgan fingerprint density at radius 2 is 1.65 bits per heavy atom. The van der Waals surface area contributed by atoms with Gasteiger partial charge in [-0.2, -0.15) is 0 Å². The van der Waals surface area contributed by atoms with Crippen LogP contribution in [0.25, 0.3) is 22.4 Å². The Balaban J connectivity index is 1.53. The van der Waals surface area contributed by atoms with E-state index in [1.807, 2.05) is 6.07 Å². The van der Waals surface area contributed by atoms with E-state index in [4.69, 9.17) is 0 Å². The van der Waals surface area contributed by atoms with Crippen LogP contribution in [0.3, 0.4) is 0 Å². The molecule has 4 nitrogen and oxygen atoms in total. The molecule has 0 spiro atoms. The SMILES string of the molecule is c1ccc(-c2ccc(-c3csc(NC4=NCCN4)n3)cc2)cc1. The molecule has 4 rings (SSSR count). The third-order valence-corrected chi connectivity index (χ3v) is 4.45. The Hall–Kier alpha value is -2.66. The van der Waals surface area contributed by atoms with E-state index in [1.54, 1.807) is 11.3 Å². The van der Waals surface area contributed by atoms with Crippen LogP contribution in [0.4, 0.5) is 5.13 Å². The molecule has 0 aliphatic carbocycles. The minimum Gasteiger partial charge on any atom is -0.354 e. The number of hydrogen-bond acceptors (Lipinski definition) is 5.